The third-order valence-electron chi connectivity index (χ3n) is 4.29. The zero-order chi connectivity index (χ0) is 18.3. The Kier molecular flexibility index (Phi) is 5.10. The average molecular weight is 348 g/mol. The molecule has 0 spiro atoms. The summed E-state index contributed by atoms with van der Waals surface area (Å²) >= 11 is 1.61. The van der Waals surface area contributed by atoms with Gasteiger partial charge in [0.05, 0.1) is 4.91 Å². The van der Waals surface area contributed by atoms with Gasteiger partial charge in [-0.15, -0.1) is 11.8 Å². The van der Waals surface area contributed by atoms with Crippen molar-refractivity contribution in [3.05, 3.63) is 33.7 Å². The molecule has 132 valence electrons. The fourth-order valence-electron chi connectivity index (χ4n) is 2.78. The molecular weight excluding hydrogens is 318 g/mol. The van der Waals surface area contributed by atoms with Crippen molar-refractivity contribution in [2.45, 2.75) is 52.4 Å². The van der Waals surface area contributed by atoms with Gasteiger partial charge in [0, 0.05) is 30.5 Å². The maximum Gasteiger partial charge on any atom is 0.260 e. The molecule has 0 unspecified atom stereocenters. The lowest BCUT2D eigenvalue weighted by Crippen LogP contribution is -2.33. The molecule has 1 aromatic carbocycles. The first-order valence-corrected chi connectivity index (χ1v) is 9.38. The normalized spacial score (nSPS) is 18.4. The quantitative estimate of drug-likeness (QED) is 0.759. The molecule has 1 aliphatic heterocycles. The summed E-state index contributed by atoms with van der Waals surface area (Å²) in [7, 11) is 1.84. The number of benzene rings is 1. The van der Waals surface area contributed by atoms with Crippen LogP contribution in [0.15, 0.2) is 17.0 Å². The summed E-state index contributed by atoms with van der Waals surface area (Å²) in [5, 5.41) is 10.8. The second kappa shape index (κ2) is 6.47. The van der Waals surface area contributed by atoms with Gasteiger partial charge in [0.15, 0.2) is 0 Å². The van der Waals surface area contributed by atoms with Crippen LogP contribution in [0.2, 0.25) is 0 Å². The SMILES string of the molecule is CN1CCS/C(=C/c2cc(C(C)(C)C)c(O)c(C(C)(C)C)c2)C1=O. The molecule has 1 aliphatic rings. The molecule has 0 aromatic heterocycles. The fraction of sp³-hybridized carbons (Fsp3) is 0.550. The van der Waals surface area contributed by atoms with E-state index in [2.05, 4.69) is 41.5 Å². The van der Waals surface area contributed by atoms with Crippen LogP contribution in [0.5, 0.6) is 5.75 Å². The van der Waals surface area contributed by atoms with Crippen LogP contribution in [-0.4, -0.2) is 35.3 Å². The first-order valence-electron chi connectivity index (χ1n) is 8.39. The van der Waals surface area contributed by atoms with E-state index in [-0.39, 0.29) is 16.7 Å². The molecule has 0 atom stereocenters. The summed E-state index contributed by atoms with van der Waals surface area (Å²) in [6.45, 7) is 13.4. The van der Waals surface area contributed by atoms with Gasteiger partial charge >= 0.3 is 0 Å². The zero-order valence-corrected chi connectivity index (χ0v) is 16.7. The minimum Gasteiger partial charge on any atom is -0.507 e. The van der Waals surface area contributed by atoms with Crippen molar-refractivity contribution in [3.8, 4) is 5.75 Å². The molecule has 1 amide bonds. The van der Waals surface area contributed by atoms with Crippen LogP contribution in [0.3, 0.4) is 0 Å². The van der Waals surface area contributed by atoms with Gasteiger partial charge < -0.3 is 10.0 Å². The molecule has 0 radical (unpaired) electrons. The Morgan fingerprint density at radius 1 is 1.08 bits per heavy atom. The number of thioether (sulfide) groups is 1. The number of rotatable bonds is 1. The van der Waals surface area contributed by atoms with E-state index in [1.807, 2.05) is 25.3 Å². The van der Waals surface area contributed by atoms with Crippen molar-refractivity contribution < 1.29 is 9.90 Å². The average Bonchev–Trinajstić information content (AvgIpc) is 2.43. The fourth-order valence-corrected chi connectivity index (χ4v) is 3.87. The Hall–Kier alpha value is -1.42. The lowest BCUT2D eigenvalue weighted by atomic mass is 9.78. The molecule has 0 saturated carbocycles. The van der Waals surface area contributed by atoms with E-state index >= 15 is 0 Å². The Balaban J connectivity index is 2.61. The van der Waals surface area contributed by atoms with Crippen molar-refractivity contribution in [3.63, 3.8) is 0 Å². The van der Waals surface area contributed by atoms with E-state index in [1.165, 1.54) is 0 Å². The van der Waals surface area contributed by atoms with Crippen molar-refractivity contribution >= 4 is 23.7 Å². The van der Waals surface area contributed by atoms with Crippen LogP contribution in [-0.2, 0) is 15.6 Å². The highest BCUT2D eigenvalue weighted by Gasteiger charge is 2.27. The van der Waals surface area contributed by atoms with E-state index in [1.54, 1.807) is 16.7 Å². The number of aromatic hydroxyl groups is 1. The summed E-state index contributed by atoms with van der Waals surface area (Å²) in [5.41, 5.74) is 2.48. The molecule has 0 aliphatic carbocycles. The molecule has 1 heterocycles. The summed E-state index contributed by atoms with van der Waals surface area (Å²) in [4.78, 5) is 14.9. The lowest BCUT2D eigenvalue weighted by Gasteiger charge is -2.28. The standard InChI is InChI=1S/C20H29NO2S/c1-19(2,3)14-10-13(11-15(17(14)22)20(4,5)6)12-16-18(23)21(7)8-9-24-16/h10-12,22H,8-9H2,1-7H3/b16-12+. The number of hydrogen-bond donors (Lipinski definition) is 1. The van der Waals surface area contributed by atoms with Crippen molar-refractivity contribution in [1.29, 1.82) is 0 Å². The third kappa shape index (κ3) is 3.97. The number of likely N-dealkylation sites (N-methyl/N-ethyl adjacent to an activating group) is 1. The molecule has 1 saturated heterocycles. The second-order valence-electron chi connectivity index (χ2n) is 8.55. The predicted molar refractivity (Wildman–Crippen MR) is 104 cm³/mol. The van der Waals surface area contributed by atoms with Crippen LogP contribution in [0.1, 0.15) is 58.2 Å². The van der Waals surface area contributed by atoms with E-state index in [0.717, 1.165) is 33.9 Å². The van der Waals surface area contributed by atoms with Crippen molar-refractivity contribution in [2.75, 3.05) is 19.3 Å². The first kappa shape index (κ1) is 18.9. The Bertz CT molecular complexity index is 643. The lowest BCUT2D eigenvalue weighted by molar-refractivity contribution is -0.125. The first-order chi connectivity index (χ1) is 10.9. The van der Waals surface area contributed by atoms with Crippen LogP contribution in [0.25, 0.3) is 6.08 Å². The van der Waals surface area contributed by atoms with Gasteiger partial charge in [0.25, 0.3) is 5.91 Å². The molecule has 4 heteroatoms. The van der Waals surface area contributed by atoms with Crippen LogP contribution >= 0.6 is 11.8 Å². The number of hydrogen-bond acceptors (Lipinski definition) is 3. The van der Waals surface area contributed by atoms with Gasteiger partial charge in [-0.2, -0.15) is 0 Å². The highest BCUT2D eigenvalue weighted by atomic mass is 32.2. The number of carbonyl (C=O) groups excluding carboxylic acids is 1. The highest BCUT2D eigenvalue weighted by Crippen LogP contribution is 2.40. The van der Waals surface area contributed by atoms with E-state index in [9.17, 15) is 9.90 Å². The highest BCUT2D eigenvalue weighted by molar-refractivity contribution is 8.04. The summed E-state index contributed by atoms with van der Waals surface area (Å²) in [6, 6.07) is 4.03. The van der Waals surface area contributed by atoms with E-state index in [4.69, 9.17) is 0 Å². The molecule has 1 N–H and O–H groups in total. The molecule has 0 bridgehead atoms. The number of phenols is 1. The molecule has 2 rings (SSSR count). The minimum atomic E-state index is -0.168. The number of amides is 1. The maximum atomic E-state index is 12.3. The molecule has 24 heavy (non-hydrogen) atoms. The zero-order valence-electron chi connectivity index (χ0n) is 15.9. The predicted octanol–water partition coefficient (Wildman–Crippen LogP) is 4.53. The van der Waals surface area contributed by atoms with Gasteiger partial charge in [-0.25, -0.2) is 0 Å². The number of carbonyl (C=O) groups is 1. The Morgan fingerprint density at radius 2 is 1.58 bits per heavy atom. The van der Waals surface area contributed by atoms with Gasteiger partial charge in [-0.05, 0) is 34.6 Å². The summed E-state index contributed by atoms with van der Waals surface area (Å²) in [5.74, 6) is 1.37. The van der Waals surface area contributed by atoms with E-state index < -0.39 is 0 Å². The maximum absolute atomic E-state index is 12.3. The van der Waals surface area contributed by atoms with Gasteiger partial charge in [-0.3, -0.25) is 4.79 Å². The number of phenolic OH excluding ortho intramolecular Hbond substituents is 1. The molecular formula is C20H29NO2S. The van der Waals surface area contributed by atoms with Gasteiger partial charge in [0.2, 0.25) is 0 Å². The smallest absolute Gasteiger partial charge is 0.260 e. The Morgan fingerprint density at radius 3 is 2.04 bits per heavy atom. The largest absolute Gasteiger partial charge is 0.507 e. The Labute approximate surface area is 150 Å². The van der Waals surface area contributed by atoms with Gasteiger partial charge in [-0.1, -0.05) is 41.5 Å². The van der Waals surface area contributed by atoms with Gasteiger partial charge in [0.1, 0.15) is 5.75 Å². The van der Waals surface area contributed by atoms with Crippen molar-refractivity contribution in [1.82, 2.24) is 4.90 Å². The molecule has 3 nitrogen and oxygen atoms in total. The molecule has 1 aromatic rings. The monoisotopic (exact) mass is 347 g/mol. The second-order valence-corrected chi connectivity index (χ2v) is 9.69. The van der Waals surface area contributed by atoms with Crippen molar-refractivity contribution in [2.24, 2.45) is 0 Å². The topological polar surface area (TPSA) is 40.5 Å². The number of nitrogens with zero attached hydrogens (tertiary/aromatic N) is 1. The molecule has 1 fully saturated rings. The van der Waals surface area contributed by atoms with Crippen LogP contribution in [0.4, 0.5) is 0 Å². The third-order valence-corrected chi connectivity index (χ3v) is 5.28. The van der Waals surface area contributed by atoms with Crippen LogP contribution < -0.4 is 0 Å². The van der Waals surface area contributed by atoms with E-state index in [0.29, 0.717) is 5.75 Å². The van der Waals surface area contributed by atoms with Crippen LogP contribution in [0, 0.1) is 0 Å². The summed E-state index contributed by atoms with van der Waals surface area (Å²) in [6.07, 6.45) is 1.96. The summed E-state index contributed by atoms with van der Waals surface area (Å²) < 4.78 is 0. The minimum absolute atomic E-state index is 0.0777.